The molecule has 0 bridgehead atoms. The standard InChI is InChI=1S/C15H23N3O3S/c1-10(19)12-8-9-13(16)14(15(12)22(20,21)17-2)18-11-6-4-3-5-7-11/h8-9,11,17-18H,3-7,16H2,1-2H3. The highest BCUT2D eigenvalue weighted by Crippen LogP contribution is 2.34. The number of nitrogens with one attached hydrogen (secondary N) is 2. The highest BCUT2D eigenvalue weighted by molar-refractivity contribution is 7.89. The summed E-state index contributed by atoms with van der Waals surface area (Å²) < 4.78 is 27.0. The van der Waals surface area contributed by atoms with Gasteiger partial charge >= 0.3 is 0 Å². The molecule has 1 aromatic rings. The van der Waals surface area contributed by atoms with E-state index in [-0.39, 0.29) is 22.3 Å². The zero-order valence-corrected chi connectivity index (χ0v) is 13.8. The number of benzene rings is 1. The molecule has 0 radical (unpaired) electrons. The number of hydrogen-bond donors (Lipinski definition) is 3. The Balaban J connectivity index is 2.55. The van der Waals surface area contributed by atoms with Crippen LogP contribution in [0.15, 0.2) is 17.0 Å². The molecular formula is C15H23N3O3S. The van der Waals surface area contributed by atoms with Gasteiger partial charge in [-0.1, -0.05) is 19.3 Å². The number of sulfonamides is 1. The normalized spacial score (nSPS) is 16.5. The topological polar surface area (TPSA) is 101 Å². The van der Waals surface area contributed by atoms with Crippen molar-refractivity contribution in [2.75, 3.05) is 18.1 Å². The van der Waals surface area contributed by atoms with Crippen LogP contribution < -0.4 is 15.8 Å². The fraction of sp³-hybridized carbons (Fsp3) is 0.533. The second-order valence-corrected chi connectivity index (χ2v) is 7.47. The van der Waals surface area contributed by atoms with Crippen LogP contribution in [0.2, 0.25) is 0 Å². The van der Waals surface area contributed by atoms with Gasteiger partial charge < -0.3 is 11.1 Å². The number of nitrogen functional groups attached to an aromatic ring is 1. The minimum absolute atomic E-state index is 0.0481. The first-order valence-corrected chi connectivity index (χ1v) is 8.98. The molecule has 1 aliphatic carbocycles. The number of anilines is 2. The van der Waals surface area contributed by atoms with Crippen LogP contribution in [0.25, 0.3) is 0 Å². The van der Waals surface area contributed by atoms with Crippen LogP contribution in [-0.2, 0) is 10.0 Å². The first-order valence-electron chi connectivity index (χ1n) is 7.50. The van der Waals surface area contributed by atoms with Crippen LogP contribution >= 0.6 is 0 Å². The van der Waals surface area contributed by atoms with Crippen molar-refractivity contribution in [2.24, 2.45) is 0 Å². The Morgan fingerprint density at radius 3 is 2.41 bits per heavy atom. The number of nitrogens with two attached hydrogens (primary N) is 1. The molecule has 0 spiro atoms. The first kappa shape index (κ1) is 16.8. The third-order valence-electron chi connectivity index (χ3n) is 4.06. The summed E-state index contributed by atoms with van der Waals surface area (Å²) in [5.74, 6) is -0.305. The Kier molecular flexibility index (Phi) is 5.08. The molecule has 0 heterocycles. The highest BCUT2D eigenvalue weighted by Gasteiger charge is 2.27. The Morgan fingerprint density at radius 2 is 1.86 bits per heavy atom. The van der Waals surface area contributed by atoms with Gasteiger partial charge in [-0.05, 0) is 38.9 Å². The Morgan fingerprint density at radius 1 is 1.23 bits per heavy atom. The van der Waals surface area contributed by atoms with Gasteiger partial charge in [0.15, 0.2) is 5.78 Å². The maximum absolute atomic E-state index is 12.4. The van der Waals surface area contributed by atoms with Crippen LogP contribution in [0.1, 0.15) is 49.4 Å². The van der Waals surface area contributed by atoms with E-state index in [1.54, 1.807) is 6.07 Å². The molecule has 122 valence electrons. The van der Waals surface area contributed by atoms with Crippen molar-refractivity contribution in [1.29, 1.82) is 0 Å². The Hall–Kier alpha value is -1.60. The molecule has 0 aliphatic heterocycles. The third kappa shape index (κ3) is 3.41. The number of hydrogen-bond acceptors (Lipinski definition) is 5. The highest BCUT2D eigenvalue weighted by atomic mass is 32.2. The summed E-state index contributed by atoms with van der Waals surface area (Å²) in [4.78, 5) is 11.8. The molecule has 0 saturated heterocycles. The molecule has 4 N–H and O–H groups in total. The lowest BCUT2D eigenvalue weighted by molar-refractivity contribution is 0.101. The van der Waals surface area contributed by atoms with Gasteiger partial charge in [0.25, 0.3) is 0 Å². The summed E-state index contributed by atoms with van der Waals surface area (Å²) in [5, 5.41) is 3.26. The molecular weight excluding hydrogens is 302 g/mol. The Labute approximate surface area is 131 Å². The fourth-order valence-electron chi connectivity index (χ4n) is 2.86. The first-order chi connectivity index (χ1) is 10.4. The summed E-state index contributed by atoms with van der Waals surface area (Å²) >= 11 is 0. The smallest absolute Gasteiger partial charge is 0.243 e. The summed E-state index contributed by atoms with van der Waals surface area (Å²) in [7, 11) is -2.46. The summed E-state index contributed by atoms with van der Waals surface area (Å²) in [6.45, 7) is 1.35. The van der Waals surface area contributed by atoms with E-state index in [1.807, 2.05) is 0 Å². The maximum atomic E-state index is 12.4. The summed E-state index contributed by atoms with van der Waals surface area (Å²) in [6, 6.07) is 3.23. The van der Waals surface area contributed by atoms with Gasteiger partial charge in [-0.2, -0.15) is 0 Å². The molecule has 2 rings (SSSR count). The number of carbonyl (C=O) groups is 1. The van der Waals surface area contributed by atoms with Crippen molar-refractivity contribution in [1.82, 2.24) is 4.72 Å². The van der Waals surface area contributed by atoms with Crippen LogP contribution in [-0.4, -0.2) is 27.3 Å². The summed E-state index contributed by atoms with van der Waals surface area (Å²) in [6.07, 6.45) is 5.37. The van der Waals surface area contributed by atoms with Gasteiger partial charge in [0.1, 0.15) is 4.90 Å². The molecule has 6 nitrogen and oxygen atoms in total. The molecule has 1 aromatic carbocycles. The maximum Gasteiger partial charge on any atom is 0.243 e. The van der Waals surface area contributed by atoms with Crippen molar-refractivity contribution in [3.05, 3.63) is 17.7 Å². The predicted octanol–water partition coefficient (Wildman–Crippen LogP) is 2.12. The molecule has 0 aromatic heterocycles. The van der Waals surface area contributed by atoms with E-state index in [2.05, 4.69) is 10.0 Å². The van der Waals surface area contributed by atoms with Crippen LogP contribution in [0.4, 0.5) is 11.4 Å². The molecule has 1 saturated carbocycles. The van der Waals surface area contributed by atoms with E-state index in [0.717, 1.165) is 25.7 Å². The lowest BCUT2D eigenvalue weighted by Gasteiger charge is -2.26. The van der Waals surface area contributed by atoms with Crippen LogP contribution in [0, 0.1) is 0 Å². The number of ketones is 1. The minimum Gasteiger partial charge on any atom is -0.397 e. The largest absolute Gasteiger partial charge is 0.397 e. The fourth-order valence-corrected chi connectivity index (χ4v) is 4.01. The minimum atomic E-state index is -3.79. The number of rotatable bonds is 5. The van der Waals surface area contributed by atoms with Crippen molar-refractivity contribution in [3.63, 3.8) is 0 Å². The van der Waals surface area contributed by atoms with E-state index in [9.17, 15) is 13.2 Å². The lowest BCUT2D eigenvalue weighted by atomic mass is 9.95. The van der Waals surface area contributed by atoms with E-state index in [0.29, 0.717) is 11.4 Å². The van der Waals surface area contributed by atoms with Gasteiger partial charge in [0.05, 0.1) is 11.4 Å². The molecule has 0 atom stereocenters. The number of carbonyl (C=O) groups excluding carboxylic acids is 1. The Bertz CT molecular complexity index is 665. The van der Waals surface area contributed by atoms with Gasteiger partial charge in [0, 0.05) is 11.6 Å². The van der Waals surface area contributed by atoms with E-state index < -0.39 is 10.0 Å². The monoisotopic (exact) mass is 325 g/mol. The molecule has 0 unspecified atom stereocenters. The van der Waals surface area contributed by atoms with Crippen molar-refractivity contribution >= 4 is 27.2 Å². The van der Waals surface area contributed by atoms with Crippen molar-refractivity contribution in [2.45, 2.75) is 50.0 Å². The second kappa shape index (κ2) is 6.66. The van der Waals surface area contributed by atoms with E-state index in [4.69, 9.17) is 5.73 Å². The lowest BCUT2D eigenvalue weighted by Crippen LogP contribution is -2.27. The molecule has 22 heavy (non-hydrogen) atoms. The van der Waals surface area contributed by atoms with Gasteiger partial charge in [-0.3, -0.25) is 4.79 Å². The number of Topliss-reactive ketones (excluding diaryl/α,β-unsaturated/α-hetero) is 1. The van der Waals surface area contributed by atoms with Crippen molar-refractivity contribution in [3.8, 4) is 0 Å². The van der Waals surface area contributed by atoms with E-state index >= 15 is 0 Å². The zero-order valence-electron chi connectivity index (χ0n) is 13.0. The quantitative estimate of drug-likeness (QED) is 0.568. The van der Waals surface area contributed by atoms with Gasteiger partial charge in [-0.15, -0.1) is 0 Å². The molecule has 0 amide bonds. The van der Waals surface area contributed by atoms with Crippen LogP contribution in [0.5, 0.6) is 0 Å². The van der Waals surface area contributed by atoms with Gasteiger partial charge in [-0.25, -0.2) is 13.1 Å². The SMILES string of the molecule is CNS(=O)(=O)c1c(C(C)=O)ccc(N)c1NC1CCCCC1. The molecule has 7 heteroatoms. The van der Waals surface area contributed by atoms with Crippen molar-refractivity contribution < 1.29 is 13.2 Å². The average molecular weight is 325 g/mol. The van der Waals surface area contributed by atoms with E-state index in [1.165, 1.54) is 26.5 Å². The van der Waals surface area contributed by atoms with Crippen LogP contribution in [0.3, 0.4) is 0 Å². The molecule has 1 fully saturated rings. The third-order valence-corrected chi connectivity index (χ3v) is 5.56. The molecule has 1 aliphatic rings. The summed E-state index contributed by atoms with van der Waals surface area (Å²) in [5.41, 5.74) is 6.83. The predicted molar refractivity (Wildman–Crippen MR) is 87.6 cm³/mol. The zero-order chi connectivity index (χ0) is 16.3. The average Bonchev–Trinajstić information content (AvgIpc) is 2.49. The second-order valence-electron chi connectivity index (χ2n) is 5.65. The van der Waals surface area contributed by atoms with Gasteiger partial charge in [0.2, 0.25) is 10.0 Å².